The summed E-state index contributed by atoms with van der Waals surface area (Å²) in [5.41, 5.74) is 0.873. The second kappa shape index (κ2) is 6.55. The van der Waals surface area contributed by atoms with Crippen LogP contribution in [0.25, 0.3) is 0 Å². The molecule has 96 valence electrons. The molecule has 1 aromatic heterocycles. The Hall–Kier alpha value is -1.16. The van der Waals surface area contributed by atoms with Crippen LogP contribution >= 0.6 is 0 Å². The van der Waals surface area contributed by atoms with Crippen LogP contribution in [0.15, 0.2) is 12.3 Å². The van der Waals surface area contributed by atoms with Gasteiger partial charge >= 0.3 is 0 Å². The molecule has 0 aliphatic rings. The maximum Gasteiger partial charge on any atom is 0.142 e. The molecule has 2 unspecified atom stereocenters. The minimum atomic E-state index is 0.0498. The zero-order valence-electron chi connectivity index (χ0n) is 11.2. The summed E-state index contributed by atoms with van der Waals surface area (Å²) in [6.07, 6.45) is 3.44. The van der Waals surface area contributed by atoms with Gasteiger partial charge in [-0.1, -0.05) is 13.8 Å². The molecule has 1 heterocycles. The summed E-state index contributed by atoms with van der Waals surface area (Å²) in [5.74, 6) is 0.294. The average Bonchev–Trinajstić information content (AvgIpc) is 2.76. The highest BCUT2D eigenvalue weighted by Gasteiger charge is 2.14. The molecule has 1 N–H and O–H groups in total. The van der Waals surface area contributed by atoms with Crippen molar-refractivity contribution in [3.05, 3.63) is 18.0 Å². The molecular weight excluding hydrogens is 214 g/mol. The predicted octanol–water partition coefficient (Wildman–Crippen LogP) is 1.82. The quantitative estimate of drug-likeness (QED) is 0.787. The van der Waals surface area contributed by atoms with Gasteiger partial charge in [-0.15, -0.1) is 0 Å². The van der Waals surface area contributed by atoms with Gasteiger partial charge < -0.3 is 5.32 Å². The molecule has 0 saturated heterocycles. The minimum Gasteiger partial charge on any atom is -0.319 e. The maximum absolute atomic E-state index is 11.9. The Labute approximate surface area is 103 Å². The number of aromatic nitrogens is 2. The van der Waals surface area contributed by atoms with Crippen LogP contribution in [-0.4, -0.2) is 29.2 Å². The van der Waals surface area contributed by atoms with Gasteiger partial charge in [-0.2, -0.15) is 5.10 Å². The average molecular weight is 237 g/mol. The molecule has 0 bridgehead atoms. The molecular formula is C13H23N3O. The second-order valence-electron chi connectivity index (χ2n) is 4.65. The predicted molar refractivity (Wildman–Crippen MR) is 69.0 cm³/mol. The lowest BCUT2D eigenvalue weighted by atomic mass is 10.0. The molecule has 0 spiro atoms. The molecule has 0 radical (unpaired) electrons. The zero-order chi connectivity index (χ0) is 12.8. The second-order valence-corrected chi connectivity index (χ2v) is 4.65. The van der Waals surface area contributed by atoms with Gasteiger partial charge in [0.15, 0.2) is 0 Å². The lowest BCUT2D eigenvalue weighted by Crippen LogP contribution is -2.25. The number of hydrogen-bond donors (Lipinski definition) is 1. The highest BCUT2D eigenvalue weighted by atomic mass is 16.1. The smallest absolute Gasteiger partial charge is 0.142 e. The largest absolute Gasteiger partial charge is 0.319 e. The molecule has 0 aromatic carbocycles. The van der Waals surface area contributed by atoms with Crippen LogP contribution in [0.4, 0.5) is 0 Å². The van der Waals surface area contributed by atoms with E-state index in [0.717, 1.165) is 18.7 Å². The van der Waals surface area contributed by atoms with E-state index in [1.165, 1.54) is 0 Å². The van der Waals surface area contributed by atoms with Crippen molar-refractivity contribution in [2.75, 3.05) is 13.6 Å². The van der Waals surface area contributed by atoms with Gasteiger partial charge in [-0.05, 0) is 26.5 Å². The topological polar surface area (TPSA) is 46.9 Å². The van der Waals surface area contributed by atoms with E-state index in [1.807, 2.05) is 30.9 Å². The van der Waals surface area contributed by atoms with Crippen LogP contribution in [0, 0.1) is 5.92 Å². The van der Waals surface area contributed by atoms with Crippen LogP contribution in [-0.2, 0) is 11.2 Å². The maximum atomic E-state index is 11.9. The number of nitrogens with zero attached hydrogens (tertiary/aromatic N) is 2. The van der Waals surface area contributed by atoms with Gasteiger partial charge in [0.1, 0.15) is 5.78 Å². The molecule has 0 saturated carbocycles. The third-order valence-electron chi connectivity index (χ3n) is 3.12. The number of Topliss-reactive ketones (excluding diaryl/α,β-unsaturated/α-hetero) is 1. The van der Waals surface area contributed by atoms with Crippen molar-refractivity contribution in [3.63, 3.8) is 0 Å². The Kier molecular flexibility index (Phi) is 5.35. The number of carbonyl (C=O) groups excluding carboxylic acids is 1. The molecule has 0 aliphatic carbocycles. The van der Waals surface area contributed by atoms with Crippen LogP contribution in [0.1, 0.15) is 38.9 Å². The van der Waals surface area contributed by atoms with E-state index in [4.69, 9.17) is 0 Å². The van der Waals surface area contributed by atoms with Crippen molar-refractivity contribution < 1.29 is 4.79 Å². The van der Waals surface area contributed by atoms with Crippen molar-refractivity contribution in [3.8, 4) is 0 Å². The normalized spacial score (nSPS) is 14.6. The molecule has 4 heteroatoms. The Morgan fingerprint density at radius 1 is 1.53 bits per heavy atom. The molecule has 17 heavy (non-hydrogen) atoms. The van der Waals surface area contributed by atoms with E-state index in [0.29, 0.717) is 12.5 Å². The molecule has 1 aromatic rings. The summed E-state index contributed by atoms with van der Waals surface area (Å²) < 4.78 is 1.94. The molecule has 0 aliphatic heterocycles. The summed E-state index contributed by atoms with van der Waals surface area (Å²) in [6, 6.07) is 2.34. The van der Waals surface area contributed by atoms with E-state index in [2.05, 4.69) is 24.3 Å². The minimum absolute atomic E-state index is 0.0498. The first-order valence-electron chi connectivity index (χ1n) is 6.29. The third-order valence-corrected chi connectivity index (χ3v) is 3.12. The highest BCUT2D eigenvalue weighted by Crippen LogP contribution is 2.10. The summed E-state index contributed by atoms with van der Waals surface area (Å²) in [7, 11) is 1.86. The van der Waals surface area contributed by atoms with E-state index < -0.39 is 0 Å². The first kappa shape index (κ1) is 13.9. The van der Waals surface area contributed by atoms with Crippen LogP contribution < -0.4 is 5.32 Å². The van der Waals surface area contributed by atoms with E-state index in [9.17, 15) is 4.79 Å². The van der Waals surface area contributed by atoms with Gasteiger partial charge in [0.05, 0.1) is 12.1 Å². The number of ketones is 1. The van der Waals surface area contributed by atoms with E-state index >= 15 is 0 Å². The molecule has 1 rings (SSSR count). The Morgan fingerprint density at radius 2 is 2.24 bits per heavy atom. The first-order valence-corrected chi connectivity index (χ1v) is 6.29. The lowest BCUT2D eigenvalue weighted by molar-refractivity contribution is -0.121. The number of carbonyl (C=O) groups is 1. The standard InChI is InChI=1S/C13H23N3O/c1-5-11(3)16-7-6-12(15-16)8-13(17)10(2)9-14-4/h6-7,10-11,14H,5,8-9H2,1-4H3. The van der Waals surface area contributed by atoms with Gasteiger partial charge in [0, 0.05) is 24.7 Å². The van der Waals surface area contributed by atoms with Crippen molar-refractivity contribution in [1.82, 2.24) is 15.1 Å². The van der Waals surface area contributed by atoms with Crippen molar-refractivity contribution in [2.45, 2.75) is 39.7 Å². The van der Waals surface area contributed by atoms with Crippen molar-refractivity contribution in [1.29, 1.82) is 0 Å². The van der Waals surface area contributed by atoms with Gasteiger partial charge in [0.2, 0.25) is 0 Å². The van der Waals surface area contributed by atoms with Crippen LogP contribution in [0.3, 0.4) is 0 Å². The zero-order valence-corrected chi connectivity index (χ0v) is 11.2. The Bertz CT molecular complexity index is 359. The van der Waals surface area contributed by atoms with Crippen molar-refractivity contribution >= 4 is 5.78 Å². The summed E-state index contributed by atoms with van der Waals surface area (Å²) in [5, 5.41) is 7.46. The van der Waals surface area contributed by atoms with Crippen molar-refractivity contribution in [2.24, 2.45) is 5.92 Å². The summed E-state index contributed by atoms with van der Waals surface area (Å²) in [4.78, 5) is 11.9. The third kappa shape index (κ3) is 3.97. The van der Waals surface area contributed by atoms with Gasteiger partial charge in [0.25, 0.3) is 0 Å². The number of rotatable bonds is 7. The fraction of sp³-hybridized carbons (Fsp3) is 0.692. The van der Waals surface area contributed by atoms with Gasteiger partial charge in [-0.3, -0.25) is 9.48 Å². The fourth-order valence-electron chi connectivity index (χ4n) is 1.68. The Morgan fingerprint density at radius 3 is 2.82 bits per heavy atom. The molecule has 0 fully saturated rings. The molecule has 4 nitrogen and oxygen atoms in total. The number of nitrogens with one attached hydrogen (secondary N) is 1. The SMILES string of the molecule is CCC(C)n1ccc(CC(=O)C(C)CNC)n1. The Balaban J connectivity index is 2.57. The summed E-state index contributed by atoms with van der Waals surface area (Å²) in [6.45, 7) is 6.93. The lowest BCUT2D eigenvalue weighted by Gasteiger charge is -2.09. The monoisotopic (exact) mass is 237 g/mol. The molecule has 0 amide bonds. The van der Waals surface area contributed by atoms with Gasteiger partial charge in [-0.25, -0.2) is 0 Å². The highest BCUT2D eigenvalue weighted by molar-refractivity contribution is 5.82. The van der Waals surface area contributed by atoms with Crippen LogP contribution in [0.5, 0.6) is 0 Å². The fourth-order valence-corrected chi connectivity index (χ4v) is 1.68. The first-order chi connectivity index (χ1) is 8.08. The van der Waals surface area contributed by atoms with E-state index in [-0.39, 0.29) is 11.7 Å². The molecule has 2 atom stereocenters. The van der Waals surface area contributed by atoms with Crippen LogP contribution in [0.2, 0.25) is 0 Å². The van der Waals surface area contributed by atoms with E-state index in [1.54, 1.807) is 0 Å². The summed E-state index contributed by atoms with van der Waals surface area (Å²) >= 11 is 0. The number of hydrogen-bond acceptors (Lipinski definition) is 3.